The van der Waals surface area contributed by atoms with Gasteiger partial charge in [-0.05, 0) is 43.6 Å². The van der Waals surface area contributed by atoms with Gasteiger partial charge < -0.3 is 15.2 Å². The summed E-state index contributed by atoms with van der Waals surface area (Å²) in [4.78, 5) is 6.21. The minimum Gasteiger partial charge on any atom is -0.354 e. The molecule has 0 radical (unpaired) electrons. The number of hydrogen-bond donors (Lipinski definition) is 2. The molecule has 0 saturated carbocycles. The topological polar surface area (TPSA) is 67.1 Å². The van der Waals surface area contributed by atoms with Gasteiger partial charge in [0, 0.05) is 23.9 Å². The van der Waals surface area contributed by atoms with Crippen molar-refractivity contribution in [2.24, 2.45) is 10.9 Å². The molecular formula is C21H37IN6S. The summed E-state index contributed by atoms with van der Waals surface area (Å²) in [6.45, 7) is 12.6. The molecule has 0 amide bonds. The average Bonchev–Trinajstić information content (AvgIpc) is 3.35. The number of aliphatic imine (C=N–C) groups is 1. The molecule has 2 rings (SSSR count). The smallest absolute Gasteiger partial charge is 0.192 e. The van der Waals surface area contributed by atoms with Crippen molar-refractivity contribution in [1.82, 2.24) is 25.4 Å². The third-order valence-electron chi connectivity index (χ3n) is 4.79. The van der Waals surface area contributed by atoms with Gasteiger partial charge in [0.1, 0.15) is 12.2 Å². The van der Waals surface area contributed by atoms with Gasteiger partial charge in [0.2, 0.25) is 0 Å². The highest BCUT2D eigenvalue weighted by Crippen LogP contribution is 2.21. The zero-order chi connectivity index (χ0) is 20.4. The van der Waals surface area contributed by atoms with Crippen LogP contribution in [0.3, 0.4) is 0 Å². The van der Waals surface area contributed by atoms with Crippen molar-refractivity contribution < 1.29 is 0 Å². The largest absolute Gasteiger partial charge is 0.354 e. The highest BCUT2D eigenvalue weighted by Gasteiger charge is 2.14. The molecule has 2 aromatic heterocycles. The Morgan fingerprint density at radius 2 is 2.00 bits per heavy atom. The first-order chi connectivity index (χ1) is 13.5. The highest BCUT2D eigenvalue weighted by molar-refractivity contribution is 14.0. The normalized spacial score (nSPS) is 13.8. The first kappa shape index (κ1) is 25.9. The van der Waals surface area contributed by atoms with E-state index in [9.17, 15) is 0 Å². The van der Waals surface area contributed by atoms with Crippen LogP contribution in [0.15, 0.2) is 28.8 Å². The third-order valence-corrected chi connectivity index (χ3v) is 5.77. The Hall–Kier alpha value is -1.16. The van der Waals surface area contributed by atoms with E-state index >= 15 is 0 Å². The summed E-state index contributed by atoms with van der Waals surface area (Å²) in [5.41, 5.74) is 0. The SMILES string of the molecule is CCc1nncn1CCN=C(NC(C)CCC(C)C)NC(CC)c1cccs1.I. The Morgan fingerprint density at radius 1 is 1.21 bits per heavy atom. The lowest BCUT2D eigenvalue weighted by molar-refractivity contribution is 0.484. The summed E-state index contributed by atoms with van der Waals surface area (Å²) in [7, 11) is 0. The van der Waals surface area contributed by atoms with Gasteiger partial charge in [0.15, 0.2) is 5.96 Å². The van der Waals surface area contributed by atoms with E-state index in [2.05, 4.69) is 77.5 Å². The fourth-order valence-corrected chi connectivity index (χ4v) is 3.92. The Balaban J connectivity index is 0.00000420. The predicted molar refractivity (Wildman–Crippen MR) is 134 cm³/mol. The van der Waals surface area contributed by atoms with Crippen molar-refractivity contribution in [3.8, 4) is 0 Å². The second-order valence-corrected chi connectivity index (χ2v) is 8.64. The Kier molecular flexibility index (Phi) is 12.4. The van der Waals surface area contributed by atoms with E-state index in [1.807, 2.05) is 0 Å². The zero-order valence-electron chi connectivity index (χ0n) is 18.4. The summed E-state index contributed by atoms with van der Waals surface area (Å²) in [6.07, 6.45) is 6.05. The minimum absolute atomic E-state index is 0. The van der Waals surface area contributed by atoms with Gasteiger partial charge in [-0.25, -0.2) is 0 Å². The molecule has 29 heavy (non-hydrogen) atoms. The molecule has 0 aliphatic heterocycles. The van der Waals surface area contributed by atoms with Crippen molar-refractivity contribution in [1.29, 1.82) is 0 Å². The molecule has 0 bridgehead atoms. The van der Waals surface area contributed by atoms with Crippen LogP contribution in [0.2, 0.25) is 0 Å². The van der Waals surface area contributed by atoms with E-state index in [0.717, 1.165) is 37.6 Å². The van der Waals surface area contributed by atoms with Gasteiger partial charge in [0.25, 0.3) is 0 Å². The fourth-order valence-electron chi connectivity index (χ4n) is 3.06. The van der Waals surface area contributed by atoms with Crippen LogP contribution in [0, 0.1) is 5.92 Å². The number of aromatic nitrogens is 3. The second kappa shape index (κ2) is 14.0. The number of rotatable bonds is 11. The number of guanidine groups is 1. The first-order valence-electron chi connectivity index (χ1n) is 10.5. The lowest BCUT2D eigenvalue weighted by atomic mass is 10.0. The number of halogens is 1. The molecule has 0 aromatic carbocycles. The summed E-state index contributed by atoms with van der Waals surface area (Å²) in [5, 5.41) is 17.5. The van der Waals surface area contributed by atoms with Crippen LogP contribution in [0.25, 0.3) is 0 Å². The van der Waals surface area contributed by atoms with Crippen LogP contribution in [-0.2, 0) is 13.0 Å². The third kappa shape index (κ3) is 9.02. The average molecular weight is 533 g/mol. The molecule has 0 aliphatic carbocycles. The number of thiophene rings is 1. The summed E-state index contributed by atoms with van der Waals surface area (Å²) < 4.78 is 2.08. The standard InChI is InChI=1S/C21H36N6S.HI/c1-6-18(19-9-8-14-28-19)25-21(24-17(5)11-10-16(3)4)22-12-13-27-15-23-26-20(27)7-2;/h8-9,14-18H,6-7,10-13H2,1-5H3,(H2,22,24,25);1H. The number of nitrogens with zero attached hydrogens (tertiary/aromatic N) is 4. The molecule has 0 spiro atoms. The quantitative estimate of drug-likeness (QED) is 0.242. The van der Waals surface area contributed by atoms with Crippen molar-refractivity contribution >= 4 is 41.3 Å². The monoisotopic (exact) mass is 532 g/mol. The maximum atomic E-state index is 4.86. The van der Waals surface area contributed by atoms with Gasteiger partial charge >= 0.3 is 0 Å². The number of nitrogens with one attached hydrogen (secondary N) is 2. The van der Waals surface area contributed by atoms with Crippen LogP contribution in [0.4, 0.5) is 0 Å². The van der Waals surface area contributed by atoms with Crippen molar-refractivity contribution in [3.05, 3.63) is 34.5 Å². The molecule has 2 N–H and O–H groups in total. The van der Waals surface area contributed by atoms with E-state index < -0.39 is 0 Å². The first-order valence-corrected chi connectivity index (χ1v) is 11.4. The molecule has 2 atom stereocenters. The molecular weight excluding hydrogens is 495 g/mol. The Labute approximate surface area is 197 Å². The molecule has 8 heteroatoms. The van der Waals surface area contributed by atoms with E-state index in [1.54, 1.807) is 17.7 Å². The van der Waals surface area contributed by atoms with E-state index in [-0.39, 0.29) is 30.0 Å². The fraction of sp³-hybridized carbons (Fsp3) is 0.667. The van der Waals surface area contributed by atoms with Gasteiger partial charge in [0.05, 0.1) is 12.6 Å². The lowest BCUT2D eigenvalue weighted by Crippen LogP contribution is -2.44. The van der Waals surface area contributed by atoms with Crippen LogP contribution >= 0.6 is 35.3 Å². The summed E-state index contributed by atoms with van der Waals surface area (Å²) >= 11 is 1.79. The van der Waals surface area contributed by atoms with Crippen LogP contribution in [0.5, 0.6) is 0 Å². The van der Waals surface area contributed by atoms with Gasteiger partial charge in [-0.1, -0.05) is 33.8 Å². The van der Waals surface area contributed by atoms with Gasteiger partial charge in [-0.3, -0.25) is 4.99 Å². The Bertz CT molecular complexity index is 698. The van der Waals surface area contributed by atoms with Crippen molar-refractivity contribution in [2.45, 2.75) is 78.9 Å². The molecule has 2 heterocycles. The second-order valence-electron chi connectivity index (χ2n) is 7.66. The molecule has 164 valence electrons. The van der Waals surface area contributed by atoms with Crippen molar-refractivity contribution in [2.75, 3.05) is 6.54 Å². The van der Waals surface area contributed by atoms with E-state index in [1.165, 1.54) is 11.3 Å². The molecule has 0 aliphatic rings. The molecule has 2 aromatic rings. The molecule has 2 unspecified atom stereocenters. The minimum atomic E-state index is 0. The zero-order valence-corrected chi connectivity index (χ0v) is 21.5. The number of hydrogen-bond acceptors (Lipinski definition) is 4. The maximum Gasteiger partial charge on any atom is 0.192 e. The molecule has 6 nitrogen and oxygen atoms in total. The molecule has 0 saturated heterocycles. The van der Waals surface area contributed by atoms with Crippen LogP contribution in [-0.4, -0.2) is 33.3 Å². The summed E-state index contributed by atoms with van der Waals surface area (Å²) in [6, 6.07) is 4.97. The predicted octanol–water partition coefficient (Wildman–Crippen LogP) is 5.03. The lowest BCUT2D eigenvalue weighted by Gasteiger charge is -2.23. The van der Waals surface area contributed by atoms with Crippen molar-refractivity contribution in [3.63, 3.8) is 0 Å². The number of aryl methyl sites for hydroxylation is 1. The van der Waals surface area contributed by atoms with Gasteiger partial charge in [-0.2, -0.15) is 0 Å². The van der Waals surface area contributed by atoms with E-state index in [4.69, 9.17) is 4.99 Å². The maximum absolute atomic E-state index is 4.86. The van der Waals surface area contributed by atoms with Gasteiger partial charge in [-0.15, -0.1) is 45.5 Å². The van der Waals surface area contributed by atoms with Crippen LogP contribution < -0.4 is 10.6 Å². The van der Waals surface area contributed by atoms with E-state index in [0.29, 0.717) is 18.5 Å². The Morgan fingerprint density at radius 3 is 2.62 bits per heavy atom. The molecule has 0 fully saturated rings. The van der Waals surface area contributed by atoms with Crippen LogP contribution in [0.1, 0.15) is 70.6 Å². The highest BCUT2D eigenvalue weighted by atomic mass is 127. The summed E-state index contributed by atoms with van der Waals surface area (Å²) in [5.74, 6) is 2.61.